The average molecular weight is 234 g/mol. The molecule has 0 saturated heterocycles. The summed E-state index contributed by atoms with van der Waals surface area (Å²) in [5.41, 5.74) is 7.05. The highest BCUT2D eigenvalue weighted by Crippen LogP contribution is 2.06. The number of hydrogen-bond donors (Lipinski definition) is 2. The van der Waals surface area contributed by atoms with Crippen LogP contribution < -0.4 is 11.1 Å². The molecule has 0 aromatic carbocycles. The van der Waals surface area contributed by atoms with Crippen LogP contribution in [0.2, 0.25) is 0 Å². The first kappa shape index (κ1) is 11.2. The maximum Gasteiger partial charge on any atom is 0.246 e. The molecule has 0 aliphatic heterocycles. The van der Waals surface area contributed by atoms with Crippen LogP contribution in [-0.4, -0.2) is 25.5 Å². The third-order valence-corrected chi connectivity index (χ3v) is 2.28. The van der Waals surface area contributed by atoms with Gasteiger partial charge < -0.3 is 11.1 Å². The van der Waals surface area contributed by atoms with Gasteiger partial charge in [0.2, 0.25) is 5.91 Å². The highest BCUT2D eigenvalue weighted by atomic mass is 16.2. The molecule has 2 rings (SSSR count). The lowest BCUT2D eigenvalue weighted by molar-refractivity contribution is -0.116. The van der Waals surface area contributed by atoms with Crippen molar-refractivity contribution in [2.24, 2.45) is 7.05 Å². The highest BCUT2D eigenvalue weighted by molar-refractivity contribution is 5.90. The first-order chi connectivity index (χ1) is 8.04. The number of anilines is 2. The van der Waals surface area contributed by atoms with Gasteiger partial charge in [0.25, 0.3) is 0 Å². The fraction of sp³-hybridized carbons (Fsp3) is 0.300. The molecule has 0 saturated carbocycles. The SMILES string of the molecule is Cc1cc(N)nn1CC(=O)Nc1cnn(C)c1. The number of aryl methyl sites for hydroxylation is 2. The number of nitrogen functional groups attached to an aromatic ring is 1. The Hall–Kier alpha value is -2.31. The predicted molar refractivity (Wildman–Crippen MR) is 63.2 cm³/mol. The zero-order valence-electron chi connectivity index (χ0n) is 9.71. The van der Waals surface area contributed by atoms with Gasteiger partial charge >= 0.3 is 0 Å². The molecule has 0 fully saturated rings. The first-order valence-electron chi connectivity index (χ1n) is 5.13. The molecular formula is C10H14N6O. The summed E-state index contributed by atoms with van der Waals surface area (Å²) in [6, 6.07) is 1.72. The van der Waals surface area contributed by atoms with Crippen LogP contribution in [0.4, 0.5) is 11.5 Å². The average Bonchev–Trinajstić information content (AvgIpc) is 2.74. The second-order valence-corrected chi connectivity index (χ2v) is 3.82. The molecule has 2 aromatic heterocycles. The van der Waals surface area contributed by atoms with Gasteiger partial charge in [-0.2, -0.15) is 10.2 Å². The molecule has 0 bridgehead atoms. The second kappa shape index (κ2) is 4.28. The summed E-state index contributed by atoms with van der Waals surface area (Å²) in [5.74, 6) is 0.251. The van der Waals surface area contributed by atoms with E-state index in [1.54, 1.807) is 34.9 Å². The van der Waals surface area contributed by atoms with E-state index in [1.807, 2.05) is 6.92 Å². The monoisotopic (exact) mass is 234 g/mol. The van der Waals surface area contributed by atoms with Crippen LogP contribution in [0, 0.1) is 6.92 Å². The van der Waals surface area contributed by atoms with Gasteiger partial charge in [-0.1, -0.05) is 0 Å². The van der Waals surface area contributed by atoms with Crippen molar-refractivity contribution in [2.45, 2.75) is 13.5 Å². The Morgan fingerprint density at radius 3 is 2.88 bits per heavy atom. The zero-order chi connectivity index (χ0) is 12.4. The van der Waals surface area contributed by atoms with Gasteiger partial charge in [-0.15, -0.1) is 0 Å². The van der Waals surface area contributed by atoms with Gasteiger partial charge in [0.1, 0.15) is 12.4 Å². The number of carbonyl (C=O) groups excluding carboxylic acids is 1. The summed E-state index contributed by atoms with van der Waals surface area (Å²) in [6.07, 6.45) is 3.31. The van der Waals surface area contributed by atoms with Crippen molar-refractivity contribution in [1.29, 1.82) is 0 Å². The topological polar surface area (TPSA) is 90.8 Å². The number of amides is 1. The molecule has 0 atom stereocenters. The van der Waals surface area contributed by atoms with Crippen LogP contribution in [0.5, 0.6) is 0 Å². The van der Waals surface area contributed by atoms with Crippen LogP contribution in [0.25, 0.3) is 0 Å². The smallest absolute Gasteiger partial charge is 0.246 e. The minimum absolute atomic E-state index is 0.137. The highest BCUT2D eigenvalue weighted by Gasteiger charge is 2.08. The van der Waals surface area contributed by atoms with Gasteiger partial charge in [-0.25, -0.2) is 0 Å². The summed E-state index contributed by atoms with van der Waals surface area (Å²) >= 11 is 0. The van der Waals surface area contributed by atoms with Gasteiger partial charge in [-0.3, -0.25) is 14.2 Å². The number of aromatic nitrogens is 4. The van der Waals surface area contributed by atoms with E-state index in [0.717, 1.165) is 5.69 Å². The van der Waals surface area contributed by atoms with E-state index in [-0.39, 0.29) is 12.5 Å². The summed E-state index contributed by atoms with van der Waals surface area (Å²) in [5, 5.41) is 10.7. The fourth-order valence-electron chi connectivity index (χ4n) is 1.52. The van der Waals surface area contributed by atoms with Crippen LogP contribution in [-0.2, 0) is 18.4 Å². The van der Waals surface area contributed by atoms with E-state index in [9.17, 15) is 4.79 Å². The maximum absolute atomic E-state index is 11.7. The van der Waals surface area contributed by atoms with Crippen molar-refractivity contribution >= 4 is 17.4 Å². The normalized spacial score (nSPS) is 10.5. The largest absolute Gasteiger partial charge is 0.382 e. The number of carbonyl (C=O) groups is 1. The molecule has 0 radical (unpaired) electrons. The number of nitrogens with zero attached hydrogens (tertiary/aromatic N) is 4. The van der Waals surface area contributed by atoms with Crippen LogP contribution in [0.3, 0.4) is 0 Å². The third kappa shape index (κ3) is 2.63. The summed E-state index contributed by atoms with van der Waals surface area (Å²) in [4.78, 5) is 11.7. The van der Waals surface area contributed by atoms with Crippen molar-refractivity contribution in [3.05, 3.63) is 24.2 Å². The number of nitrogens with two attached hydrogens (primary N) is 1. The number of rotatable bonds is 3. The molecule has 0 aliphatic rings. The summed E-state index contributed by atoms with van der Waals surface area (Å²) in [7, 11) is 1.79. The van der Waals surface area contributed by atoms with Crippen molar-refractivity contribution in [1.82, 2.24) is 19.6 Å². The van der Waals surface area contributed by atoms with Crippen molar-refractivity contribution in [3.8, 4) is 0 Å². The summed E-state index contributed by atoms with van der Waals surface area (Å²) in [6.45, 7) is 1.98. The Morgan fingerprint density at radius 2 is 2.35 bits per heavy atom. The molecule has 7 nitrogen and oxygen atoms in total. The molecule has 1 amide bonds. The quantitative estimate of drug-likeness (QED) is 0.790. The molecule has 0 spiro atoms. The fourth-order valence-corrected chi connectivity index (χ4v) is 1.52. The Morgan fingerprint density at radius 1 is 1.59 bits per heavy atom. The predicted octanol–water partition coefficient (Wildman–Crippen LogP) is 0.146. The maximum atomic E-state index is 11.7. The van der Waals surface area contributed by atoms with E-state index in [4.69, 9.17) is 5.73 Å². The lowest BCUT2D eigenvalue weighted by atomic mass is 10.4. The van der Waals surface area contributed by atoms with Gasteiger partial charge in [0.15, 0.2) is 0 Å². The minimum Gasteiger partial charge on any atom is -0.382 e. The Bertz CT molecular complexity index is 541. The minimum atomic E-state index is -0.163. The van der Waals surface area contributed by atoms with Crippen molar-refractivity contribution in [2.75, 3.05) is 11.1 Å². The summed E-state index contributed by atoms with van der Waals surface area (Å²) < 4.78 is 3.17. The Labute approximate surface area is 98.2 Å². The van der Waals surface area contributed by atoms with Crippen LogP contribution >= 0.6 is 0 Å². The molecule has 2 heterocycles. The molecule has 0 aliphatic carbocycles. The van der Waals surface area contributed by atoms with Crippen molar-refractivity contribution < 1.29 is 4.79 Å². The van der Waals surface area contributed by atoms with Gasteiger partial charge in [0.05, 0.1) is 11.9 Å². The number of nitrogens with one attached hydrogen (secondary N) is 1. The molecule has 90 valence electrons. The zero-order valence-corrected chi connectivity index (χ0v) is 9.71. The molecule has 7 heteroatoms. The molecule has 0 unspecified atom stereocenters. The van der Waals surface area contributed by atoms with E-state index < -0.39 is 0 Å². The molecule has 17 heavy (non-hydrogen) atoms. The van der Waals surface area contributed by atoms with Gasteiger partial charge in [-0.05, 0) is 6.92 Å². The molecule has 3 N–H and O–H groups in total. The number of hydrogen-bond acceptors (Lipinski definition) is 4. The second-order valence-electron chi connectivity index (χ2n) is 3.82. The molecular weight excluding hydrogens is 220 g/mol. The Balaban J connectivity index is 2.00. The van der Waals surface area contributed by atoms with E-state index in [2.05, 4.69) is 15.5 Å². The Kier molecular flexibility index (Phi) is 2.82. The van der Waals surface area contributed by atoms with E-state index in [0.29, 0.717) is 11.5 Å². The lowest BCUT2D eigenvalue weighted by Gasteiger charge is -2.04. The molecule has 2 aromatic rings. The van der Waals surface area contributed by atoms with Crippen molar-refractivity contribution in [3.63, 3.8) is 0 Å². The standard InChI is InChI=1S/C10H14N6O/c1-7-3-9(11)14-16(7)6-10(17)13-8-4-12-15(2)5-8/h3-5H,6H2,1-2H3,(H2,11,14)(H,13,17). The first-order valence-corrected chi connectivity index (χ1v) is 5.13. The van der Waals surface area contributed by atoms with E-state index in [1.165, 1.54) is 0 Å². The van der Waals surface area contributed by atoms with Gasteiger partial charge in [0, 0.05) is 25.0 Å². The van der Waals surface area contributed by atoms with Crippen LogP contribution in [0.15, 0.2) is 18.5 Å². The third-order valence-electron chi connectivity index (χ3n) is 2.28. The van der Waals surface area contributed by atoms with E-state index >= 15 is 0 Å². The lowest BCUT2D eigenvalue weighted by Crippen LogP contribution is -2.20. The van der Waals surface area contributed by atoms with Crippen LogP contribution in [0.1, 0.15) is 5.69 Å².